The summed E-state index contributed by atoms with van der Waals surface area (Å²) in [5.74, 6) is -3.02. The van der Waals surface area contributed by atoms with Crippen molar-refractivity contribution < 1.29 is 31.4 Å². The quantitative estimate of drug-likeness (QED) is 0.622. The Morgan fingerprint density at radius 3 is 2.26 bits per heavy atom. The van der Waals surface area contributed by atoms with Crippen LogP contribution < -0.4 is 9.47 Å². The third kappa shape index (κ3) is 3.50. The van der Waals surface area contributed by atoms with Crippen LogP contribution in [0.5, 0.6) is 11.5 Å². The van der Waals surface area contributed by atoms with Crippen LogP contribution in [0.3, 0.4) is 0 Å². The van der Waals surface area contributed by atoms with E-state index in [9.17, 15) is 22.0 Å². The van der Waals surface area contributed by atoms with E-state index in [4.69, 9.17) is 11.2 Å². The molecule has 0 unspecified atom stereocenters. The van der Waals surface area contributed by atoms with Crippen LogP contribution >= 0.6 is 0 Å². The second-order valence-electron chi connectivity index (χ2n) is 3.50. The fourth-order valence-electron chi connectivity index (χ4n) is 1.13. The van der Waals surface area contributed by atoms with E-state index in [0.717, 1.165) is 6.07 Å². The van der Waals surface area contributed by atoms with Crippen LogP contribution in [0.15, 0.2) is 18.2 Å². The Morgan fingerprint density at radius 2 is 1.79 bits per heavy atom. The molecule has 0 aliphatic heterocycles. The first-order chi connectivity index (χ1) is 8.71. The molecule has 0 aromatic heterocycles. The number of alkyl halides is 5. The van der Waals surface area contributed by atoms with Gasteiger partial charge in [0.1, 0.15) is 0 Å². The topological polar surface area (TPSA) is 18.5 Å². The lowest BCUT2D eigenvalue weighted by Crippen LogP contribution is -2.41. The predicted octanol–water partition coefficient (Wildman–Crippen LogP) is 3.25. The first-order valence-corrected chi connectivity index (χ1v) is 4.93. The van der Waals surface area contributed by atoms with Crippen molar-refractivity contribution in [3.63, 3.8) is 0 Å². The van der Waals surface area contributed by atoms with Crippen molar-refractivity contribution in [2.75, 3.05) is 13.7 Å². The average Bonchev–Trinajstić information content (AvgIpc) is 2.34. The van der Waals surface area contributed by atoms with Crippen molar-refractivity contribution in [3.05, 3.63) is 23.8 Å². The predicted molar refractivity (Wildman–Crippen MR) is 57.4 cm³/mol. The minimum Gasteiger partial charge on any atom is -0.493 e. The van der Waals surface area contributed by atoms with Crippen molar-refractivity contribution in [2.24, 2.45) is 0 Å². The maximum absolute atomic E-state index is 12.7. The van der Waals surface area contributed by atoms with Gasteiger partial charge in [0.05, 0.1) is 7.11 Å². The van der Waals surface area contributed by atoms with Gasteiger partial charge in [-0.2, -0.15) is 22.0 Å². The zero-order chi connectivity index (χ0) is 14.7. The maximum atomic E-state index is 12.7. The van der Waals surface area contributed by atoms with Gasteiger partial charge >= 0.3 is 12.1 Å². The second kappa shape index (κ2) is 5.34. The van der Waals surface area contributed by atoms with E-state index in [2.05, 4.69) is 10.7 Å². The molecule has 0 fully saturated rings. The third-order valence-electron chi connectivity index (χ3n) is 2.15. The first-order valence-electron chi connectivity index (χ1n) is 4.93. The molecule has 0 saturated carbocycles. The minimum absolute atomic E-state index is 0.0111. The number of hydrogen-bond donors (Lipinski definition) is 0. The number of benzene rings is 1. The molecule has 0 radical (unpaired) electrons. The number of rotatable bonds is 4. The zero-order valence-corrected chi connectivity index (χ0v) is 9.72. The Kier molecular flexibility index (Phi) is 4.24. The minimum atomic E-state index is -5.68. The number of ether oxygens (including phenoxy) is 2. The number of terminal acetylenes is 1. The zero-order valence-electron chi connectivity index (χ0n) is 9.72. The maximum Gasteiger partial charge on any atom is 0.456 e. The highest BCUT2D eigenvalue weighted by molar-refractivity contribution is 5.47. The van der Waals surface area contributed by atoms with Crippen LogP contribution in [0, 0.1) is 12.3 Å². The highest BCUT2D eigenvalue weighted by Gasteiger charge is 2.58. The van der Waals surface area contributed by atoms with Crippen molar-refractivity contribution in [2.45, 2.75) is 12.1 Å². The van der Waals surface area contributed by atoms with E-state index in [-0.39, 0.29) is 17.1 Å². The molecule has 7 heteroatoms. The summed E-state index contributed by atoms with van der Waals surface area (Å²) in [6, 6.07) is 3.90. The Morgan fingerprint density at radius 1 is 1.16 bits per heavy atom. The molecule has 1 aromatic rings. The molecule has 0 atom stereocenters. The van der Waals surface area contributed by atoms with E-state index < -0.39 is 18.7 Å². The van der Waals surface area contributed by atoms with Gasteiger partial charge in [-0.05, 0) is 18.2 Å². The number of halogens is 5. The van der Waals surface area contributed by atoms with Gasteiger partial charge in [0, 0.05) is 5.56 Å². The van der Waals surface area contributed by atoms with Crippen LogP contribution in [0.4, 0.5) is 22.0 Å². The van der Waals surface area contributed by atoms with Crippen LogP contribution in [0.2, 0.25) is 0 Å². The van der Waals surface area contributed by atoms with Crippen LogP contribution in [-0.2, 0) is 0 Å². The highest BCUT2D eigenvalue weighted by Crippen LogP contribution is 2.37. The molecule has 19 heavy (non-hydrogen) atoms. The van der Waals surface area contributed by atoms with Crippen molar-refractivity contribution in [1.82, 2.24) is 0 Å². The van der Waals surface area contributed by atoms with Gasteiger partial charge in [-0.25, -0.2) is 0 Å². The summed E-state index contributed by atoms with van der Waals surface area (Å²) < 4.78 is 70.6. The van der Waals surface area contributed by atoms with E-state index >= 15 is 0 Å². The van der Waals surface area contributed by atoms with E-state index in [1.54, 1.807) is 0 Å². The van der Waals surface area contributed by atoms with Crippen LogP contribution in [0.1, 0.15) is 5.56 Å². The van der Waals surface area contributed by atoms with Crippen molar-refractivity contribution in [1.29, 1.82) is 0 Å². The standard InChI is InChI=1S/C12H9F5O2/c1-3-8-4-5-9(18-2)10(6-8)19-7-11(13,14)12(15,16)17/h1,4-6H,7H2,2H3. The molecule has 0 aliphatic rings. The first kappa shape index (κ1) is 15.1. The monoisotopic (exact) mass is 280 g/mol. The van der Waals surface area contributed by atoms with E-state index in [1.807, 2.05) is 0 Å². The highest BCUT2D eigenvalue weighted by atomic mass is 19.4. The van der Waals surface area contributed by atoms with Gasteiger partial charge in [-0.15, -0.1) is 6.42 Å². The molecule has 1 aromatic carbocycles. The largest absolute Gasteiger partial charge is 0.493 e. The Hall–Kier alpha value is -1.97. The van der Waals surface area contributed by atoms with Crippen LogP contribution in [0.25, 0.3) is 0 Å². The average molecular weight is 280 g/mol. The molecule has 0 spiro atoms. The molecule has 0 N–H and O–H groups in total. The number of methoxy groups -OCH3 is 1. The van der Waals surface area contributed by atoms with Gasteiger partial charge in [0.15, 0.2) is 18.1 Å². The smallest absolute Gasteiger partial charge is 0.456 e. The Bertz CT molecular complexity index is 488. The normalized spacial score (nSPS) is 11.8. The summed E-state index contributed by atoms with van der Waals surface area (Å²) in [6.07, 6.45) is -0.590. The second-order valence-corrected chi connectivity index (χ2v) is 3.50. The molecular weight excluding hydrogens is 271 g/mol. The molecular formula is C12H9F5O2. The van der Waals surface area contributed by atoms with Gasteiger partial charge in [-0.1, -0.05) is 5.92 Å². The lowest BCUT2D eigenvalue weighted by Gasteiger charge is -2.20. The van der Waals surface area contributed by atoms with E-state index in [1.165, 1.54) is 19.2 Å². The summed E-state index contributed by atoms with van der Waals surface area (Å²) in [7, 11) is 1.22. The van der Waals surface area contributed by atoms with Gasteiger partial charge < -0.3 is 9.47 Å². The summed E-state index contributed by atoms with van der Waals surface area (Å²) >= 11 is 0. The molecule has 2 nitrogen and oxygen atoms in total. The fraction of sp³-hybridized carbons (Fsp3) is 0.333. The summed E-state index contributed by atoms with van der Waals surface area (Å²) in [5.41, 5.74) is 0.270. The lowest BCUT2D eigenvalue weighted by molar-refractivity contribution is -0.290. The van der Waals surface area contributed by atoms with Crippen LogP contribution in [-0.4, -0.2) is 25.8 Å². The molecule has 0 aliphatic carbocycles. The number of hydrogen-bond acceptors (Lipinski definition) is 2. The third-order valence-corrected chi connectivity index (χ3v) is 2.15. The summed E-state index contributed by atoms with van der Waals surface area (Å²) in [6.45, 7) is -1.85. The van der Waals surface area contributed by atoms with Gasteiger partial charge in [0.25, 0.3) is 0 Å². The SMILES string of the molecule is C#Cc1ccc(OC)c(OCC(F)(F)C(F)(F)F)c1. The van der Waals surface area contributed by atoms with Gasteiger partial charge in [0.2, 0.25) is 0 Å². The summed E-state index contributed by atoms with van der Waals surface area (Å²) in [4.78, 5) is 0. The fourth-order valence-corrected chi connectivity index (χ4v) is 1.13. The lowest BCUT2D eigenvalue weighted by atomic mass is 10.2. The Balaban J connectivity index is 2.91. The molecule has 0 saturated heterocycles. The molecule has 0 heterocycles. The Labute approximate surface area is 106 Å². The van der Waals surface area contributed by atoms with Crippen molar-refractivity contribution in [3.8, 4) is 23.8 Å². The molecule has 0 amide bonds. The molecule has 1 rings (SSSR count). The van der Waals surface area contributed by atoms with E-state index in [0.29, 0.717) is 0 Å². The van der Waals surface area contributed by atoms with Crippen molar-refractivity contribution >= 4 is 0 Å². The summed E-state index contributed by atoms with van der Waals surface area (Å²) in [5, 5.41) is 0. The molecule has 0 bridgehead atoms. The van der Waals surface area contributed by atoms with Gasteiger partial charge in [-0.3, -0.25) is 0 Å². The molecule has 104 valence electrons.